The molecular weight excluding hydrogens is 428 g/mol. The molecule has 172 valence electrons. The summed E-state index contributed by atoms with van der Waals surface area (Å²) in [6.45, 7) is 4.60. The summed E-state index contributed by atoms with van der Waals surface area (Å²) in [5.74, 6) is -7.58. The first-order chi connectivity index (χ1) is 15.0. The predicted molar refractivity (Wildman–Crippen MR) is 108 cm³/mol. The minimum atomic E-state index is -1.53. The Morgan fingerprint density at radius 1 is 1.16 bits per heavy atom. The molecular formula is C23H24F4N2O3. The molecule has 1 aromatic carbocycles. The fraction of sp³-hybridized carbons (Fsp3) is 0.435. The highest BCUT2D eigenvalue weighted by Gasteiger charge is 2.43. The number of aryl methyl sites for hydroxylation is 1. The third-order valence-electron chi connectivity index (χ3n) is 5.24. The zero-order chi connectivity index (χ0) is 23.6. The number of aromatic nitrogens is 1. The van der Waals surface area contributed by atoms with Crippen LogP contribution in [-0.4, -0.2) is 39.9 Å². The fourth-order valence-corrected chi connectivity index (χ4v) is 3.80. The molecule has 1 saturated heterocycles. The number of hydrogen-bond acceptors (Lipinski definition) is 4. The predicted octanol–water partition coefficient (Wildman–Crippen LogP) is 4.93. The number of carbonyl (C=O) groups is 2. The molecule has 5 nitrogen and oxygen atoms in total. The van der Waals surface area contributed by atoms with E-state index >= 15 is 0 Å². The van der Waals surface area contributed by atoms with Crippen molar-refractivity contribution in [2.75, 3.05) is 6.54 Å². The van der Waals surface area contributed by atoms with E-state index in [0.717, 1.165) is 10.5 Å². The third-order valence-corrected chi connectivity index (χ3v) is 5.24. The molecule has 0 N–H and O–H groups in total. The fourth-order valence-electron chi connectivity index (χ4n) is 3.80. The number of nitrogens with zero attached hydrogens (tertiary/aromatic N) is 2. The van der Waals surface area contributed by atoms with Crippen molar-refractivity contribution in [3.63, 3.8) is 0 Å². The van der Waals surface area contributed by atoms with E-state index in [1.165, 1.54) is 0 Å². The summed E-state index contributed by atoms with van der Waals surface area (Å²) >= 11 is 0. The number of ketones is 1. The van der Waals surface area contributed by atoms with Gasteiger partial charge in [0.15, 0.2) is 29.1 Å². The lowest BCUT2D eigenvalue weighted by molar-refractivity contribution is -0.123. The summed E-state index contributed by atoms with van der Waals surface area (Å²) in [6.07, 6.45) is 2.59. The minimum absolute atomic E-state index is 0.0465. The molecule has 2 aromatic rings. The molecule has 1 fully saturated rings. The van der Waals surface area contributed by atoms with E-state index in [0.29, 0.717) is 6.42 Å². The quantitative estimate of drug-likeness (QED) is 0.477. The summed E-state index contributed by atoms with van der Waals surface area (Å²) in [6, 6.07) is 2.61. The van der Waals surface area contributed by atoms with Crippen LogP contribution in [0.1, 0.15) is 50.7 Å². The number of benzene rings is 1. The number of carbonyl (C=O) groups excluding carboxylic acids is 2. The Labute approximate surface area is 183 Å². The van der Waals surface area contributed by atoms with Crippen LogP contribution in [0, 0.1) is 23.3 Å². The van der Waals surface area contributed by atoms with Crippen molar-refractivity contribution < 1.29 is 31.9 Å². The summed E-state index contributed by atoms with van der Waals surface area (Å²) in [7, 11) is 0. The van der Waals surface area contributed by atoms with Crippen LogP contribution in [0.4, 0.5) is 22.4 Å². The Balaban J connectivity index is 1.88. The van der Waals surface area contributed by atoms with Gasteiger partial charge in [0.2, 0.25) is 0 Å². The van der Waals surface area contributed by atoms with Gasteiger partial charge < -0.3 is 4.74 Å². The van der Waals surface area contributed by atoms with Crippen molar-refractivity contribution in [1.29, 1.82) is 0 Å². The zero-order valence-electron chi connectivity index (χ0n) is 18.0. The van der Waals surface area contributed by atoms with Gasteiger partial charge in [0.05, 0.1) is 6.04 Å². The summed E-state index contributed by atoms with van der Waals surface area (Å²) in [5.41, 5.74) is -0.873. The van der Waals surface area contributed by atoms with Crippen LogP contribution in [-0.2, 0) is 16.0 Å². The SMILES string of the molecule is CC(C)(C)OC(=O)N1C[C@@H](c2c(F)c(F)cc(F)c2F)C[C@@H]1C(=O)CCc1cccnc1. The van der Waals surface area contributed by atoms with Crippen molar-refractivity contribution in [2.24, 2.45) is 0 Å². The largest absolute Gasteiger partial charge is 0.444 e. The number of Topliss-reactive ketones (excluding diaryl/α,β-unsaturated/α-hetero) is 1. The number of rotatable bonds is 5. The number of ether oxygens (including phenoxy) is 1. The molecule has 0 radical (unpaired) electrons. The molecule has 1 aliphatic heterocycles. The van der Waals surface area contributed by atoms with Crippen molar-refractivity contribution in [1.82, 2.24) is 9.88 Å². The number of likely N-dealkylation sites (tertiary alicyclic amines) is 1. The van der Waals surface area contributed by atoms with Gasteiger partial charge in [-0.25, -0.2) is 22.4 Å². The van der Waals surface area contributed by atoms with E-state index in [9.17, 15) is 27.2 Å². The number of halogens is 4. The average molecular weight is 452 g/mol. The van der Waals surface area contributed by atoms with Crippen molar-refractivity contribution in [3.05, 3.63) is 65.0 Å². The van der Waals surface area contributed by atoms with E-state index in [1.54, 1.807) is 45.3 Å². The minimum Gasteiger partial charge on any atom is -0.444 e. The maximum Gasteiger partial charge on any atom is 0.410 e. The Kier molecular flexibility index (Phi) is 6.85. The van der Waals surface area contributed by atoms with Crippen LogP contribution >= 0.6 is 0 Å². The molecule has 3 rings (SSSR count). The van der Waals surface area contributed by atoms with Crippen LogP contribution in [0.3, 0.4) is 0 Å². The van der Waals surface area contributed by atoms with Gasteiger partial charge in [-0.1, -0.05) is 6.07 Å². The first kappa shape index (κ1) is 23.7. The summed E-state index contributed by atoms with van der Waals surface area (Å²) < 4.78 is 61.6. The van der Waals surface area contributed by atoms with Gasteiger partial charge in [-0.3, -0.25) is 14.7 Å². The van der Waals surface area contributed by atoms with Crippen molar-refractivity contribution >= 4 is 11.9 Å². The second-order valence-electron chi connectivity index (χ2n) is 8.79. The maximum atomic E-state index is 14.4. The van der Waals surface area contributed by atoms with Crippen LogP contribution < -0.4 is 0 Å². The molecule has 2 atom stereocenters. The lowest BCUT2D eigenvalue weighted by Crippen LogP contribution is -2.43. The normalized spacial score (nSPS) is 18.7. The smallest absolute Gasteiger partial charge is 0.410 e. The Hall–Kier alpha value is -2.97. The van der Waals surface area contributed by atoms with Crippen LogP contribution in [0.25, 0.3) is 0 Å². The Bertz CT molecular complexity index is 982. The maximum absolute atomic E-state index is 14.4. The number of pyridine rings is 1. The van der Waals surface area contributed by atoms with E-state index in [-0.39, 0.29) is 31.2 Å². The van der Waals surface area contributed by atoms with E-state index < -0.39 is 52.5 Å². The van der Waals surface area contributed by atoms with Crippen molar-refractivity contribution in [3.8, 4) is 0 Å². The van der Waals surface area contributed by atoms with Gasteiger partial charge in [-0.2, -0.15) is 0 Å². The Morgan fingerprint density at radius 3 is 2.38 bits per heavy atom. The van der Waals surface area contributed by atoms with Gasteiger partial charge in [-0.15, -0.1) is 0 Å². The molecule has 0 aliphatic carbocycles. The number of amides is 1. The molecule has 0 bridgehead atoms. The highest BCUT2D eigenvalue weighted by Crippen LogP contribution is 2.37. The molecule has 9 heteroatoms. The first-order valence-corrected chi connectivity index (χ1v) is 10.2. The molecule has 1 amide bonds. The van der Waals surface area contributed by atoms with E-state index in [4.69, 9.17) is 4.74 Å². The average Bonchev–Trinajstić information content (AvgIpc) is 3.16. The van der Waals surface area contributed by atoms with Gasteiger partial charge in [0.25, 0.3) is 0 Å². The second-order valence-corrected chi connectivity index (χ2v) is 8.79. The molecule has 0 saturated carbocycles. The van der Waals surface area contributed by atoms with Gasteiger partial charge in [0, 0.05) is 42.9 Å². The molecule has 1 aliphatic rings. The topological polar surface area (TPSA) is 59.5 Å². The lowest BCUT2D eigenvalue weighted by Gasteiger charge is -2.28. The van der Waals surface area contributed by atoms with Crippen LogP contribution in [0.15, 0.2) is 30.6 Å². The molecule has 2 heterocycles. The van der Waals surface area contributed by atoms with E-state index in [2.05, 4.69) is 4.98 Å². The second kappa shape index (κ2) is 9.26. The number of hydrogen-bond donors (Lipinski definition) is 0. The zero-order valence-corrected chi connectivity index (χ0v) is 18.0. The molecule has 0 spiro atoms. The summed E-state index contributed by atoms with van der Waals surface area (Å²) in [5, 5.41) is 0. The van der Waals surface area contributed by atoms with Gasteiger partial charge in [0.1, 0.15) is 5.60 Å². The lowest BCUT2D eigenvalue weighted by atomic mass is 9.92. The highest BCUT2D eigenvalue weighted by molar-refractivity contribution is 5.88. The standard InChI is InChI=1S/C23H24F4N2O3/c1-23(2,3)32-22(31)29-12-14(19-20(26)15(24)10-16(25)21(19)27)9-17(29)18(30)7-6-13-5-4-8-28-11-13/h4-5,8,10-11,14,17H,6-7,9,12H2,1-3H3/t14-,17+/m0/s1. The molecule has 1 aromatic heterocycles. The summed E-state index contributed by atoms with van der Waals surface area (Å²) in [4.78, 5) is 30.8. The highest BCUT2D eigenvalue weighted by atomic mass is 19.2. The van der Waals surface area contributed by atoms with E-state index in [1.807, 2.05) is 0 Å². The first-order valence-electron chi connectivity index (χ1n) is 10.2. The van der Waals surface area contributed by atoms with Crippen molar-refractivity contribution in [2.45, 2.75) is 57.6 Å². The molecule has 32 heavy (non-hydrogen) atoms. The van der Waals surface area contributed by atoms with Gasteiger partial charge in [-0.05, 0) is 45.2 Å². The van der Waals surface area contributed by atoms with Crippen LogP contribution in [0.5, 0.6) is 0 Å². The monoisotopic (exact) mass is 452 g/mol. The molecule has 0 unspecified atom stereocenters. The Morgan fingerprint density at radius 2 is 1.81 bits per heavy atom. The van der Waals surface area contributed by atoms with Gasteiger partial charge >= 0.3 is 6.09 Å². The third kappa shape index (κ3) is 5.26. The van der Waals surface area contributed by atoms with Crippen LogP contribution in [0.2, 0.25) is 0 Å².